The Kier molecular flexibility index (Phi) is 9.98. The lowest BCUT2D eigenvalue weighted by molar-refractivity contribution is -0.0979. The molecule has 4 aliphatic rings. The number of hydrogen-bond donors (Lipinski definition) is 0. The van der Waals surface area contributed by atoms with E-state index in [1.54, 1.807) is 7.11 Å². The fourth-order valence-electron chi connectivity index (χ4n) is 2.49. The molecule has 0 aromatic rings. The highest BCUT2D eigenvalue weighted by Crippen LogP contribution is 2.30. The van der Waals surface area contributed by atoms with Crippen molar-refractivity contribution in [3.63, 3.8) is 0 Å². The Morgan fingerprint density at radius 2 is 1.35 bits per heavy atom. The molecule has 0 aromatic heterocycles. The van der Waals surface area contributed by atoms with Crippen molar-refractivity contribution in [2.45, 2.75) is 31.2 Å². The number of hydrogen-bond acceptors (Lipinski definition) is 8. The van der Waals surface area contributed by atoms with Crippen LogP contribution >= 0.6 is 0 Å². The van der Waals surface area contributed by atoms with E-state index in [9.17, 15) is 0 Å². The number of epoxide rings is 4. The van der Waals surface area contributed by atoms with Crippen LogP contribution in [0.2, 0.25) is 0 Å². The molecule has 4 saturated heterocycles. The van der Waals surface area contributed by atoms with E-state index in [1.807, 2.05) is 6.79 Å². The van der Waals surface area contributed by atoms with Crippen molar-refractivity contribution in [3.05, 3.63) is 0 Å². The topological polar surface area (TPSA) is 94.9 Å². The van der Waals surface area contributed by atoms with Crippen LogP contribution in [-0.2, 0) is 38.0 Å². The second-order valence-corrected chi connectivity index (χ2v) is 6.98. The molecule has 0 amide bonds. The first kappa shape index (κ1) is 21.7. The largest absolute Gasteiger partial charge is 0.384 e. The Bertz CT molecular complexity index is 345. The number of carbonyl (C=O) groups excluding carboxylic acids is 1. The zero-order chi connectivity index (χ0) is 18.7. The van der Waals surface area contributed by atoms with Gasteiger partial charge in [-0.25, -0.2) is 0 Å². The number of methoxy groups -OCH3 is 1. The highest BCUT2D eigenvalue weighted by molar-refractivity contribution is 5.11. The van der Waals surface area contributed by atoms with Gasteiger partial charge in [-0.05, 0) is 12.8 Å². The van der Waals surface area contributed by atoms with Gasteiger partial charge in [0.05, 0.1) is 72.2 Å². The summed E-state index contributed by atoms with van der Waals surface area (Å²) in [5.41, 5.74) is -0.107. The third-order valence-electron chi connectivity index (χ3n) is 4.28. The second kappa shape index (κ2) is 12.0. The van der Waals surface area contributed by atoms with Gasteiger partial charge >= 0.3 is 0 Å². The lowest BCUT2D eigenvalue weighted by Gasteiger charge is -2.32. The molecular weight excluding hydrogens is 344 g/mol. The molecule has 4 aliphatic heterocycles. The maximum absolute atomic E-state index is 8.00. The van der Waals surface area contributed by atoms with E-state index in [2.05, 4.69) is 4.74 Å². The lowest BCUT2D eigenvalue weighted by atomic mass is 9.85. The molecule has 4 heterocycles. The molecule has 8 nitrogen and oxygen atoms in total. The van der Waals surface area contributed by atoms with Crippen molar-refractivity contribution < 1.29 is 38.0 Å². The van der Waals surface area contributed by atoms with E-state index in [0.717, 1.165) is 45.9 Å². The summed E-state index contributed by atoms with van der Waals surface area (Å²) in [4.78, 5) is 8.00. The van der Waals surface area contributed by atoms with Crippen molar-refractivity contribution in [2.24, 2.45) is 5.41 Å². The maximum atomic E-state index is 8.00. The first-order valence-electron chi connectivity index (χ1n) is 9.15. The fraction of sp³-hybridized carbons (Fsp3) is 0.944. The van der Waals surface area contributed by atoms with E-state index in [0.29, 0.717) is 39.1 Å². The summed E-state index contributed by atoms with van der Waals surface area (Å²) >= 11 is 0. The van der Waals surface area contributed by atoms with Crippen LogP contribution < -0.4 is 0 Å². The predicted molar refractivity (Wildman–Crippen MR) is 92.3 cm³/mol. The number of ether oxygens (including phenoxy) is 7. The minimum Gasteiger partial charge on any atom is -0.384 e. The Labute approximate surface area is 155 Å². The number of carbonyl (C=O) groups is 1. The third kappa shape index (κ3) is 10.5. The molecule has 0 bridgehead atoms. The van der Waals surface area contributed by atoms with Crippen LogP contribution in [-0.4, -0.2) is 98.3 Å². The smallest absolute Gasteiger partial charge is 0.106 e. The van der Waals surface area contributed by atoms with E-state index in [4.69, 9.17) is 33.2 Å². The summed E-state index contributed by atoms with van der Waals surface area (Å²) in [6, 6.07) is 0. The molecule has 0 spiro atoms. The molecule has 3 atom stereocenters. The van der Waals surface area contributed by atoms with Crippen molar-refractivity contribution >= 4 is 6.79 Å². The Morgan fingerprint density at radius 1 is 0.885 bits per heavy atom. The molecule has 8 heteroatoms. The number of rotatable bonds is 13. The zero-order valence-electron chi connectivity index (χ0n) is 15.7. The summed E-state index contributed by atoms with van der Waals surface area (Å²) < 4.78 is 37.3. The van der Waals surface area contributed by atoms with Gasteiger partial charge in [0.15, 0.2) is 0 Å². The van der Waals surface area contributed by atoms with Crippen LogP contribution in [0.5, 0.6) is 0 Å². The van der Waals surface area contributed by atoms with Crippen LogP contribution in [0, 0.1) is 5.41 Å². The van der Waals surface area contributed by atoms with Crippen molar-refractivity contribution in [3.8, 4) is 0 Å². The average molecular weight is 376 g/mol. The first-order chi connectivity index (χ1) is 12.8. The second-order valence-electron chi connectivity index (χ2n) is 6.98. The van der Waals surface area contributed by atoms with Gasteiger partial charge in [-0.15, -0.1) is 0 Å². The van der Waals surface area contributed by atoms with Gasteiger partial charge in [-0.1, -0.05) is 0 Å². The molecule has 26 heavy (non-hydrogen) atoms. The standard InChI is InChI=1S/C15H26O6.C2H4O.CH2O/c1-16-9-15(3-2-12-6-19-12,10-17-4-13-7-20-13)11-18-5-14-8-21-14;1-2-3-1;1-2/h12-14H,2-11H2,1H3;1-2H2;1H2. The fourth-order valence-corrected chi connectivity index (χ4v) is 2.49. The van der Waals surface area contributed by atoms with Gasteiger partial charge < -0.3 is 38.0 Å². The minimum absolute atomic E-state index is 0.107. The normalized spacial score (nSPS) is 29.3. The molecule has 0 saturated carbocycles. The molecule has 152 valence electrons. The molecule has 0 radical (unpaired) electrons. The van der Waals surface area contributed by atoms with Crippen LogP contribution in [0.3, 0.4) is 0 Å². The lowest BCUT2D eigenvalue weighted by Crippen LogP contribution is -2.38. The van der Waals surface area contributed by atoms with Crippen molar-refractivity contribution in [2.75, 3.05) is 73.2 Å². The van der Waals surface area contributed by atoms with Gasteiger partial charge in [0, 0.05) is 12.5 Å². The van der Waals surface area contributed by atoms with Gasteiger partial charge in [-0.3, -0.25) is 0 Å². The average Bonchev–Trinajstić information content (AvgIpc) is 3.52. The maximum Gasteiger partial charge on any atom is 0.106 e. The zero-order valence-corrected chi connectivity index (χ0v) is 15.7. The van der Waals surface area contributed by atoms with Crippen molar-refractivity contribution in [1.29, 1.82) is 0 Å². The third-order valence-corrected chi connectivity index (χ3v) is 4.28. The summed E-state index contributed by atoms with van der Waals surface area (Å²) in [6.45, 7) is 9.77. The Balaban J connectivity index is 0.000000429. The van der Waals surface area contributed by atoms with E-state index in [-0.39, 0.29) is 17.6 Å². The summed E-state index contributed by atoms with van der Waals surface area (Å²) in [5.74, 6) is 0. The van der Waals surface area contributed by atoms with Gasteiger partial charge in [-0.2, -0.15) is 0 Å². The Morgan fingerprint density at radius 3 is 1.69 bits per heavy atom. The highest BCUT2D eigenvalue weighted by atomic mass is 16.6. The van der Waals surface area contributed by atoms with Gasteiger partial charge in [0.1, 0.15) is 19.0 Å². The summed E-state index contributed by atoms with van der Waals surface area (Å²) in [6.07, 6.45) is 3.02. The van der Waals surface area contributed by atoms with Gasteiger partial charge in [0.25, 0.3) is 0 Å². The molecule has 0 aromatic carbocycles. The molecule has 3 unspecified atom stereocenters. The van der Waals surface area contributed by atoms with E-state index >= 15 is 0 Å². The molecule has 4 rings (SSSR count). The molecule has 4 fully saturated rings. The minimum atomic E-state index is -0.107. The molecule has 0 N–H and O–H groups in total. The van der Waals surface area contributed by atoms with Crippen LogP contribution in [0.1, 0.15) is 12.8 Å². The van der Waals surface area contributed by atoms with Crippen molar-refractivity contribution in [1.82, 2.24) is 0 Å². The summed E-state index contributed by atoms with van der Waals surface area (Å²) in [5, 5.41) is 0. The van der Waals surface area contributed by atoms with Crippen LogP contribution in [0.4, 0.5) is 0 Å². The Hall–Kier alpha value is -0.610. The summed E-state index contributed by atoms with van der Waals surface area (Å²) in [7, 11) is 1.73. The monoisotopic (exact) mass is 376 g/mol. The predicted octanol–water partition coefficient (Wildman–Crippen LogP) is 0.461. The molecule has 0 aliphatic carbocycles. The molecular formula is C18H32O8. The van der Waals surface area contributed by atoms with Crippen LogP contribution in [0.25, 0.3) is 0 Å². The van der Waals surface area contributed by atoms with E-state index < -0.39 is 0 Å². The van der Waals surface area contributed by atoms with Crippen LogP contribution in [0.15, 0.2) is 0 Å². The quantitative estimate of drug-likeness (QED) is 0.428. The van der Waals surface area contributed by atoms with E-state index in [1.165, 1.54) is 0 Å². The SMILES string of the molecule is C1CO1.C=O.COCC(CCC1CO1)(COCC1CO1)COCC1CO1. The first-order valence-corrected chi connectivity index (χ1v) is 9.15. The van der Waals surface area contributed by atoms with Gasteiger partial charge in [0.2, 0.25) is 0 Å². The highest BCUT2D eigenvalue weighted by Gasteiger charge is 2.36.